The van der Waals surface area contributed by atoms with Crippen molar-refractivity contribution in [1.29, 1.82) is 0 Å². The minimum Gasteiger partial charge on any atom is -0.326 e. The summed E-state index contributed by atoms with van der Waals surface area (Å²) in [5, 5.41) is 2.80. The Balaban J connectivity index is 1.87. The first-order valence-electron chi connectivity index (χ1n) is 10.7. The van der Waals surface area contributed by atoms with E-state index in [2.05, 4.69) is 30.0 Å². The van der Waals surface area contributed by atoms with Crippen molar-refractivity contribution < 1.29 is 14.4 Å². The molecule has 0 saturated carbocycles. The fourth-order valence-electron chi connectivity index (χ4n) is 3.15. The molecule has 0 fully saturated rings. The van der Waals surface area contributed by atoms with Crippen LogP contribution in [-0.2, 0) is 16.0 Å². The Hall–Kier alpha value is -3.15. The van der Waals surface area contributed by atoms with Crippen LogP contribution in [-0.4, -0.2) is 17.7 Å². The lowest BCUT2D eigenvalue weighted by molar-refractivity contribution is -0.123. The number of hydrogen-bond acceptors (Lipinski definition) is 3. The van der Waals surface area contributed by atoms with Gasteiger partial charge in [-0.05, 0) is 60.6 Å². The molecule has 2 aromatic carbocycles. The molecule has 1 atom stereocenters. The molecule has 0 radical (unpaired) electrons. The van der Waals surface area contributed by atoms with Crippen LogP contribution in [0.3, 0.4) is 0 Å². The molecule has 0 aliphatic heterocycles. The molecule has 0 aliphatic carbocycles. The van der Waals surface area contributed by atoms with Crippen LogP contribution in [0.15, 0.2) is 48.5 Å². The van der Waals surface area contributed by atoms with Gasteiger partial charge in [0.05, 0.1) is 5.92 Å². The minimum atomic E-state index is -0.423. The molecule has 6 nitrogen and oxygen atoms in total. The van der Waals surface area contributed by atoms with Gasteiger partial charge in [0.25, 0.3) is 5.91 Å². The number of hydrazine groups is 1. The van der Waals surface area contributed by atoms with Crippen molar-refractivity contribution in [3.63, 3.8) is 0 Å². The summed E-state index contributed by atoms with van der Waals surface area (Å²) in [6, 6.07) is 14.5. The molecule has 3 N–H and O–H groups in total. The van der Waals surface area contributed by atoms with E-state index in [4.69, 9.17) is 0 Å². The van der Waals surface area contributed by atoms with E-state index >= 15 is 0 Å². The zero-order valence-electron chi connectivity index (χ0n) is 19.0. The Labute approximate surface area is 184 Å². The maximum atomic E-state index is 12.4. The fraction of sp³-hybridized carbons (Fsp3) is 0.400. The SMILES string of the molecule is CC(C)CC(=O)Nc1ccc(C(=O)NNC(=O)C(C)c2ccc(CC(C)C)cc2)cc1. The minimum absolute atomic E-state index is 0.0642. The van der Waals surface area contributed by atoms with Crippen LogP contribution in [0.2, 0.25) is 0 Å². The average molecular weight is 424 g/mol. The molecule has 31 heavy (non-hydrogen) atoms. The molecule has 0 heterocycles. The van der Waals surface area contributed by atoms with Crippen molar-refractivity contribution in [2.75, 3.05) is 5.32 Å². The highest BCUT2D eigenvalue weighted by molar-refractivity contribution is 5.97. The van der Waals surface area contributed by atoms with Crippen molar-refractivity contribution in [3.8, 4) is 0 Å². The van der Waals surface area contributed by atoms with Crippen molar-refractivity contribution in [1.82, 2.24) is 10.9 Å². The van der Waals surface area contributed by atoms with Crippen molar-refractivity contribution in [3.05, 3.63) is 65.2 Å². The van der Waals surface area contributed by atoms with E-state index in [0.717, 1.165) is 12.0 Å². The summed E-state index contributed by atoms with van der Waals surface area (Å²) in [4.78, 5) is 36.6. The third kappa shape index (κ3) is 7.89. The standard InChI is InChI=1S/C25H33N3O3/c1-16(2)14-19-6-8-20(9-7-19)18(5)24(30)27-28-25(31)21-10-12-22(13-11-21)26-23(29)15-17(3)4/h6-13,16-18H,14-15H2,1-5H3,(H,26,29)(H,27,30)(H,28,31). The van der Waals surface area contributed by atoms with E-state index < -0.39 is 11.8 Å². The molecule has 3 amide bonds. The van der Waals surface area contributed by atoms with Gasteiger partial charge in [-0.2, -0.15) is 0 Å². The summed E-state index contributed by atoms with van der Waals surface area (Å²) in [7, 11) is 0. The Morgan fingerprint density at radius 2 is 1.39 bits per heavy atom. The second-order valence-corrected chi connectivity index (χ2v) is 8.73. The van der Waals surface area contributed by atoms with Gasteiger partial charge < -0.3 is 5.32 Å². The molecule has 0 saturated heterocycles. The molecular formula is C25H33N3O3. The van der Waals surface area contributed by atoms with Crippen molar-refractivity contribution in [2.45, 2.75) is 53.4 Å². The second-order valence-electron chi connectivity index (χ2n) is 8.73. The zero-order valence-corrected chi connectivity index (χ0v) is 19.0. The summed E-state index contributed by atoms with van der Waals surface area (Å²) >= 11 is 0. The summed E-state index contributed by atoms with van der Waals surface area (Å²) < 4.78 is 0. The van der Waals surface area contributed by atoms with Crippen LogP contribution in [0.1, 0.15) is 68.4 Å². The van der Waals surface area contributed by atoms with Crippen LogP contribution in [0.25, 0.3) is 0 Å². The maximum absolute atomic E-state index is 12.4. The Morgan fingerprint density at radius 1 is 0.774 bits per heavy atom. The smallest absolute Gasteiger partial charge is 0.269 e. The largest absolute Gasteiger partial charge is 0.326 e. The first kappa shape index (κ1) is 24.1. The Morgan fingerprint density at radius 3 is 1.94 bits per heavy atom. The van der Waals surface area contributed by atoms with Gasteiger partial charge in [-0.3, -0.25) is 25.2 Å². The van der Waals surface area contributed by atoms with Crippen LogP contribution in [0.4, 0.5) is 5.69 Å². The topological polar surface area (TPSA) is 87.3 Å². The van der Waals surface area contributed by atoms with Crippen molar-refractivity contribution in [2.24, 2.45) is 11.8 Å². The van der Waals surface area contributed by atoms with Crippen molar-refractivity contribution >= 4 is 23.4 Å². The molecular weight excluding hydrogens is 390 g/mol. The lowest BCUT2D eigenvalue weighted by Crippen LogP contribution is -2.43. The number of anilines is 1. The quantitative estimate of drug-likeness (QED) is 0.549. The van der Waals surface area contributed by atoms with E-state index in [1.807, 2.05) is 38.1 Å². The number of benzene rings is 2. The molecule has 0 bridgehead atoms. The first-order valence-corrected chi connectivity index (χ1v) is 10.7. The van der Waals surface area contributed by atoms with Gasteiger partial charge in [0.15, 0.2) is 0 Å². The number of hydrogen-bond donors (Lipinski definition) is 3. The molecule has 1 unspecified atom stereocenters. The van der Waals surface area contributed by atoms with E-state index in [1.165, 1.54) is 5.56 Å². The van der Waals surface area contributed by atoms with E-state index in [0.29, 0.717) is 23.6 Å². The van der Waals surface area contributed by atoms with Gasteiger partial charge >= 0.3 is 0 Å². The number of rotatable bonds is 8. The van der Waals surface area contributed by atoms with E-state index in [1.54, 1.807) is 31.2 Å². The third-order valence-electron chi connectivity index (χ3n) is 4.84. The van der Waals surface area contributed by atoms with Gasteiger partial charge in [0.2, 0.25) is 11.8 Å². The monoisotopic (exact) mass is 423 g/mol. The summed E-state index contributed by atoms with van der Waals surface area (Å²) in [5.41, 5.74) is 8.07. The molecule has 0 aliphatic rings. The lowest BCUT2D eigenvalue weighted by atomic mass is 9.96. The average Bonchev–Trinajstić information content (AvgIpc) is 2.71. The predicted octanol–water partition coefficient (Wildman–Crippen LogP) is 4.43. The molecule has 6 heteroatoms. The van der Waals surface area contributed by atoms with Crippen LogP contribution >= 0.6 is 0 Å². The highest BCUT2D eigenvalue weighted by Crippen LogP contribution is 2.17. The molecule has 0 spiro atoms. The van der Waals surface area contributed by atoms with Gasteiger partial charge in [-0.1, -0.05) is 52.0 Å². The Kier molecular flexibility index (Phi) is 8.79. The maximum Gasteiger partial charge on any atom is 0.269 e. The highest BCUT2D eigenvalue weighted by Gasteiger charge is 2.16. The highest BCUT2D eigenvalue weighted by atomic mass is 16.2. The normalized spacial score (nSPS) is 11.8. The van der Waals surface area contributed by atoms with Crippen LogP contribution in [0, 0.1) is 11.8 Å². The lowest BCUT2D eigenvalue weighted by Gasteiger charge is -2.14. The molecule has 2 aromatic rings. The second kappa shape index (κ2) is 11.3. The number of amides is 3. The molecule has 0 aromatic heterocycles. The van der Waals surface area contributed by atoms with E-state index in [-0.39, 0.29) is 17.7 Å². The number of carbonyl (C=O) groups is 3. The first-order chi connectivity index (χ1) is 14.7. The number of nitrogens with one attached hydrogen (secondary N) is 3. The molecule has 166 valence electrons. The predicted molar refractivity (Wildman–Crippen MR) is 124 cm³/mol. The third-order valence-corrected chi connectivity index (χ3v) is 4.84. The van der Waals surface area contributed by atoms with E-state index in [9.17, 15) is 14.4 Å². The fourth-order valence-corrected chi connectivity index (χ4v) is 3.15. The summed E-state index contributed by atoms with van der Waals surface area (Å²) in [6.45, 7) is 10.1. The zero-order chi connectivity index (χ0) is 23.0. The van der Waals surface area contributed by atoms with Gasteiger partial charge in [0.1, 0.15) is 0 Å². The summed E-state index contributed by atoms with van der Waals surface area (Å²) in [5.74, 6) is -0.325. The summed E-state index contributed by atoms with van der Waals surface area (Å²) in [6.07, 6.45) is 1.43. The van der Waals surface area contributed by atoms with Crippen LogP contribution in [0.5, 0.6) is 0 Å². The molecule has 2 rings (SSSR count). The van der Waals surface area contributed by atoms with Gasteiger partial charge in [-0.15, -0.1) is 0 Å². The number of carbonyl (C=O) groups excluding carboxylic acids is 3. The Bertz CT molecular complexity index is 887. The van der Waals surface area contributed by atoms with Gasteiger partial charge in [0, 0.05) is 17.7 Å². The van der Waals surface area contributed by atoms with Gasteiger partial charge in [-0.25, -0.2) is 0 Å². The van der Waals surface area contributed by atoms with Crippen LogP contribution < -0.4 is 16.2 Å².